The zero-order chi connectivity index (χ0) is 20.1. The van der Waals surface area contributed by atoms with Gasteiger partial charge in [-0.15, -0.1) is 0 Å². The van der Waals surface area contributed by atoms with Crippen molar-refractivity contribution in [2.45, 2.75) is 62.3 Å². The molecule has 158 valence electrons. The molecule has 1 aromatic rings. The maximum Gasteiger partial charge on any atom is 0.209 e. The molecule has 1 aliphatic heterocycles. The molecule has 1 aromatic carbocycles. The molecule has 1 heterocycles. The molecule has 2 fully saturated rings. The van der Waals surface area contributed by atoms with E-state index < -0.39 is 10.0 Å². The topological polar surface area (TPSA) is 76.7 Å². The summed E-state index contributed by atoms with van der Waals surface area (Å²) in [5, 5.41) is 3.43. The Hall–Kier alpha value is -1.06. The average molecular weight is 415 g/mol. The minimum Gasteiger partial charge on any atom is -0.383 e. The van der Waals surface area contributed by atoms with Crippen LogP contribution < -0.4 is 10.0 Å². The first kappa shape index (κ1) is 21.6. The van der Waals surface area contributed by atoms with E-state index in [9.17, 15) is 12.8 Å². The second-order valence-corrected chi connectivity index (χ2v) is 9.80. The van der Waals surface area contributed by atoms with E-state index in [4.69, 9.17) is 9.47 Å². The summed E-state index contributed by atoms with van der Waals surface area (Å²) in [6.45, 7) is 1.000. The maximum absolute atomic E-state index is 13.4. The molecule has 2 N–H and O–H groups in total. The Balaban J connectivity index is 1.49. The first-order valence-corrected chi connectivity index (χ1v) is 11.8. The molecule has 3 atom stereocenters. The van der Waals surface area contributed by atoms with E-state index in [0.717, 1.165) is 31.2 Å². The zero-order valence-electron chi connectivity index (χ0n) is 16.6. The summed E-state index contributed by atoms with van der Waals surface area (Å²) in [5.41, 5.74) is 1.07. The van der Waals surface area contributed by atoms with Gasteiger partial charge in [-0.1, -0.05) is 12.1 Å². The van der Waals surface area contributed by atoms with Gasteiger partial charge in [-0.2, -0.15) is 0 Å². The van der Waals surface area contributed by atoms with E-state index in [-0.39, 0.29) is 30.0 Å². The molecule has 0 radical (unpaired) electrons. The Morgan fingerprint density at radius 3 is 2.61 bits per heavy atom. The number of benzene rings is 1. The van der Waals surface area contributed by atoms with Gasteiger partial charge in [0.15, 0.2) is 0 Å². The number of hydrogen-bond acceptors (Lipinski definition) is 5. The van der Waals surface area contributed by atoms with Crippen molar-refractivity contribution in [1.82, 2.24) is 10.0 Å². The van der Waals surface area contributed by atoms with Crippen LogP contribution >= 0.6 is 0 Å². The summed E-state index contributed by atoms with van der Waals surface area (Å²) in [6, 6.07) is 6.71. The van der Waals surface area contributed by atoms with Gasteiger partial charge in [0.1, 0.15) is 5.82 Å². The van der Waals surface area contributed by atoms with Gasteiger partial charge in [0, 0.05) is 25.2 Å². The molecule has 6 nitrogen and oxygen atoms in total. The predicted octanol–water partition coefficient (Wildman–Crippen LogP) is 2.16. The van der Waals surface area contributed by atoms with E-state index >= 15 is 0 Å². The summed E-state index contributed by atoms with van der Waals surface area (Å²) in [7, 11) is -1.64. The second kappa shape index (κ2) is 9.63. The van der Waals surface area contributed by atoms with Gasteiger partial charge < -0.3 is 14.8 Å². The van der Waals surface area contributed by atoms with Crippen LogP contribution in [0.4, 0.5) is 4.39 Å². The van der Waals surface area contributed by atoms with Crippen LogP contribution in [0.5, 0.6) is 0 Å². The van der Waals surface area contributed by atoms with E-state index in [2.05, 4.69) is 10.0 Å². The largest absolute Gasteiger partial charge is 0.383 e. The van der Waals surface area contributed by atoms with Crippen molar-refractivity contribution in [2.24, 2.45) is 0 Å². The highest BCUT2D eigenvalue weighted by atomic mass is 32.2. The molecule has 0 amide bonds. The van der Waals surface area contributed by atoms with Crippen molar-refractivity contribution in [2.75, 3.05) is 26.6 Å². The molecule has 0 bridgehead atoms. The van der Waals surface area contributed by atoms with Crippen LogP contribution in [0.3, 0.4) is 0 Å². The van der Waals surface area contributed by atoms with Gasteiger partial charge in [-0.25, -0.2) is 17.5 Å². The van der Waals surface area contributed by atoms with Crippen LogP contribution in [0, 0.1) is 5.82 Å². The molecule has 1 saturated heterocycles. The first-order chi connectivity index (χ1) is 13.3. The highest BCUT2D eigenvalue weighted by molar-refractivity contribution is 7.88. The van der Waals surface area contributed by atoms with Crippen molar-refractivity contribution >= 4 is 10.0 Å². The van der Waals surface area contributed by atoms with E-state index in [1.165, 1.54) is 12.3 Å². The van der Waals surface area contributed by atoms with Crippen LogP contribution in [-0.2, 0) is 19.5 Å². The quantitative estimate of drug-likeness (QED) is 0.682. The number of sulfonamides is 1. The molecular formula is C20H31FN2O4S. The van der Waals surface area contributed by atoms with E-state index in [1.54, 1.807) is 19.2 Å². The van der Waals surface area contributed by atoms with E-state index in [1.807, 2.05) is 6.07 Å². The average Bonchev–Trinajstić information content (AvgIpc) is 3.00. The van der Waals surface area contributed by atoms with Crippen LogP contribution in [0.2, 0.25) is 0 Å². The van der Waals surface area contributed by atoms with Gasteiger partial charge >= 0.3 is 0 Å². The Morgan fingerprint density at radius 2 is 1.96 bits per heavy atom. The Kier molecular flexibility index (Phi) is 7.44. The van der Waals surface area contributed by atoms with Crippen LogP contribution in [0.25, 0.3) is 0 Å². The number of rotatable bonds is 8. The predicted molar refractivity (Wildman–Crippen MR) is 106 cm³/mol. The van der Waals surface area contributed by atoms with Gasteiger partial charge in [-0.3, -0.25) is 0 Å². The van der Waals surface area contributed by atoms with Gasteiger partial charge in [0.05, 0.1) is 25.6 Å². The van der Waals surface area contributed by atoms with Crippen molar-refractivity contribution < 1.29 is 22.3 Å². The van der Waals surface area contributed by atoms with Crippen LogP contribution in [-0.4, -0.2) is 59.2 Å². The number of hydrogen-bond donors (Lipinski definition) is 2. The summed E-state index contributed by atoms with van der Waals surface area (Å²) in [4.78, 5) is 0. The lowest BCUT2D eigenvalue weighted by molar-refractivity contribution is 0.0117. The first-order valence-electron chi connectivity index (χ1n) is 9.93. The normalized spacial score (nSPS) is 31.2. The standard InChI is InChI=1S/C20H31FN2O4S/c1-26-12-17-11-19(23-28(2,24)25)20(22-17)13-27-18-8-6-14(7-9-18)15-4-3-5-16(21)10-15/h3-5,10,14,17-20,22-23H,6-9,11-13H2,1-2H3/t14?,17-,18?,19-,20-/m0/s1. The smallest absolute Gasteiger partial charge is 0.209 e. The van der Waals surface area contributed by atoms with Crippen molar-refractivity contribution in [3.63, 3.8) is 0 Å². The molecule has 8 heteroatoms. The minimum atomic E-state index is -3.28. The third kappa shape index (κ3) is 6.22. The number of halogens is 1. The number of nitrogens with one attached hydrogen (secondary N) is 2. The van der Waals surface area contributed by atoms with E-state index in [0.29, 0.717) is 25.6 Å². The molecule has 1 saturated carbocycles. The fraction of sp³-hybridized carbons (Fsp3) is 0.700. The molecule has 0 aromatic heterocycles. The molecule has 1 aliphatic carbocycles. The Labute approximate surface area is 167 Å². The molecule has 0 spiro atoms. The fourth-order valence-corrected chi connectivity index (χ4v) is 5.22. The molecule has 0 unspecified atom stereocenters. The lowest BCUT2D eigenvalue weighted by Gasteiger charge is -2.30. The summed E-state index contributed by atoms with van der Waals surface area (Å²) in [5.74, 6) is 0.198. The van der Waals surface area contributed by atoms with Gasteiger partial charge in [-0.05, 0) is 55.7 Å². The second-order valence-electron chi connectivity index (χ2n) is 8.02. The molecule has 28 heavy (non-hydrogen) atoms. The monoisotopic (exact) mass is 414 g/mol. The lowest BCUT2D eigenvalue weighted by atomic mass is 9.83. The summed E-state index contributed by atoms with van der Waals surface area (Å²) in [6.07, 6.45) is 5.84. The highest BCUT2D eigenvalue weighted by Gasteiger charge is 2.36. The fourth-order valence-electron chi connectivity index (χ4n) is 4.41. The third-order valence-electron chi connectivity index (χ3n) is 5.71. The molecule has 3 rings (SSSR count). The SMILES string of the molecule is COC[C@@H]1C[C@H](NS(C)(=O)=O)[C@H](COC2CCC(c3cccc(F)c3)CC2)N1. The summed E-state index contributed by atoms with van der Waals surface area (Å²) < 4.78 is 50.8. The minimum absolute atomic E-state index is 0.0733. The number of methoxy groups -OCH3 is 1. The highest BCUT2D eigenvalue weighted by Crippen LogP contribution is 2.34. The summed E-state index contributed by atoms with van der Waals surface area (Å²) >= 11 is 0. The lowest BCUT2D eigenvalue weighted by Crippen LogP contribution is -2.46. The zero-order valence-corrected chi connectivity index (χ0v) is 17.4. The molecular weight excluding hydrogens is 383 g/mol. The van der Waals surface area contributed by atoms with Crippen LogP contribution in [0.15, 0.2) is 24.3 Å². The Morgan fingerprint density at radius 1 is 1.21 bits per heavy atom. The number of ether oxygens (including phenoxy) is 2. The Bertz CT molecular complexity index is 737. The maximum atomic E-state index is 13.4. The third-order valence-corrected chi connectivity index (χ3v) is 6.44. The van der Waals surface area contributed by atoms with Crippen LogP contribution in [0.1, 0.15) is 43.6 Å². The van der Waals surface area contributed by atoms with Crippen molar-refractivity contribution in [1.29, 1.82) is 0 Å². The van der Waals surface area contributed by atoms with Crippen molar-refractivity contribution in [3.8, 4) is 0 Å². The van der Waals surface area contributed by atoms with Crippen molar-refractivity contribution in [3.05, 3.63) is 35.6 Å². The van der Waals surface area contributed by atoms with Gasteiger partial charge in [0.25, 0.3) is 0 Å². The van der Waals surface area contributed by atoms with Gasteiger partial charge in [0.2, 0.25) is 10.0 Å². The molecule has 2 aliphatic rings.